The van der Waals surface area contributed by atoms with Gasteiger partial charge in [-0.1, -0.05) is 6.07 Å². The molecule has 0 aromatic carbocycles. The molecule has 0 aliphatic carbocycles. The van der Waals surface area contributed by atoms with Crippen molar-refractivity contribution in [2.45, 2.75) is 13.3 Å². The molecule has 2 amide bonds. The third-order valence-electron chi connectivity index (χ3n) is 2.17. The summed E-state index contributed by atoms with van der Waals surface area (Å²) in [7, 11) is 0. The zero-order valence-electron chi connectivity index (χ0n) is 11.5. The zero-order valence-corrected chi connectivity index (χ0v) is 13.2. The molecule has 0 bridgehead atoms. The minimum absolute atomic E-state index is 0.0283. The van der Waals surface area contributed by atoms with Crippen LogP contribution in [-0.2, 0) is 14.3 Å². The van der Waals surface area contributed by atoms with Crippen LogP contribution in [0.5, 0.6) is 0 Å². The van der Waals surface area contributed by atoms with Crippen molar-refractivity contribution in [3.05, 3.63) is 28.5 Å². The van der Waals surface area contributed by atoms with Crippen LogP contribution >= 0.6 is 23.6 Å². The van der Waals surface area contributed by atoms with Gasteiger partial charge in [0.1, 0.15) is 0 Å². The summed E-state index contributed by atoms with van der Waals surface area (Å²) in [4.78, 5) is 23.9. The van der Waals surface area contributed by atoms with E-state index in [0.717, 1.165) is 4.88 Å². The largest absolute Gasteiger partial charge is 0.381 e. The number of thiophene rings is 1. The molecule has 3 N–H and O–H groups in total. The van der Waals surface area contributed by atoms with Crippen LogP contribution in [0.2, 0.25) is 0 Å². The molecule has 0 fully saturated rings. The number of carbonyl (C=O) groups is 2. The van der Waals surface area contributed by atoms with E-state index in [1.54, 1.807) is 6.08 Å². The van der Waals surface area contributed by atoms with E-state index in [4.69, 9.17) is 17.0 Å². The minimum atomic E-state index is -0.371. The van der Waals surface area contributed by atoms with Gasteiger partial charge in [0.2, 0.25) is 11.8 Å². The van der Waals surface area contributed by atoms with E-state index in [1.807, 2.05) is 24.4 Å². The van der Waals surface area contributed by atoms with Crippen molar-refractivity contribution < 1.29 is 14.3 Å². The number of rotatable bonds is 6. The SMILES string of the molecule is CCOCCC(=O)NNC(=S)NC(=O)/C=C/c1cccs1. The molecular weight excluding hydrogens is 310 g/mol. The van der Waals surface area contributed by atoms with Crippen molar-refractivity contribution in [3.63, 3.8) is 0 Å². The van der Waals surface area contributed by atoms with E-state index in [0.29, 0.717) is 13.2 Å². The first-order valence-electron chi connectivity index (χ1n) is 6.31. The molecule has 1 aromatic heterocycles. The number of carbonyl (C=O) groups excluding carboxylic acids is 2. The van der Waals surface area contributed by atoms with Gasteiger partial charge in [0.25, 0.3) is 0 Å². The van der Waals surface area contributed by atoms with Crippen LogP contribution in [0.3, 0.4) is 0 Å². The third-order valence-corrected chi connectivity index (χ3v) is 3.21. The minimum Gasteiger partial charge on any atom is -0.381 e. The van der Waals surface area contributed by atoms with Gasteiger partial charge in [0.15, 0.2) is 5.11 Å². The average Bonchev–Trinajstić information content (AvgIpc) is 2.96. The van der Waals surface area contributed by atoms with Crippen molar-refractivity contribution in [3.8, 4) is 0 Å². The summed E-state index contributed by atoms with van der Waals surface area (Å²) in [5.74, 6) is -0.640. The van der Waals surface area contributed by atoms with Gasteiger partial charge in [-0.15, -0.1) is 11.3 Å². The second kappa shape index (κ2) is 10.0. The van der Waals surface area contributed by atoms with Crippen molar-refractivity contribution in [1.29, 1.82) is 0 Å². The fraction of sp³-hybridized carbons (Fsp3) is 0.308. The fourth-order valence-corrected chi connectivity index (χ4v) is 2.00. The Balaban J connectivity index is 2.21. The van der Waals surface area contributed by atoms with E-state index >= 15 is 0 Å². The highest BCUT2D eigenvalue weighted by atomic mass is 32.1. The number of hydrogen-bond acceptors (Lipinski definition) is 5. The average molecular weight is 327 g/mol. The number of hydrazine groups is 1. The first-order chi connectivity index (χ1) is 10.1. The predicted molar refractivity (Wildman–Crippen MR) is 86.5 cm³/mol. The van der Waals surface area contributed by atoms with Crippen LogP contribution in [0.15, 0.2) is 23.6 Å². The van der Waals surface area contributed by atoms with Crippen molar-refractivity contribution in [2.75, 3.05) is 13.2 Å². The monoisotopic (exact) mass is 327 g/mol. The number of ether oxygens (including phenoxy) is 1. The first-order valence-corrected chi connectivity index (χ1v) is 7.59. The molecule has 0 atom stereocenters. The maximum atomic E-state index is 11.6. The van der Waals surface area contributed by atoms with Crippen LogP contribution < -0.4 is 16.2 Å². The molecule has 0 spiro atoms. The molecule has 0 saturated carbocycles. The Labute approximate surface area is 132 Å². The third kappa shape index (κ3) is 8.18. The molecule has 8 heteroatoms. The highest BCUT2D eigenvalue weighted by molar-refractivity contribution is 7.80. The Hall–Kier alpha value is -1.77. The molecule has 21 heavy (non-hydrogen) atoms. The molecule has 6 nitrogen and oxygen atoms in total. The van der Waals surface area contributed by atoms with Crippen molar-refractivity contribution >= 4 is 46.6 Å². The molecule has 0 unspecified atom stereocenters. The Bertz CT molecular complexity index is 501. The fourth-order valence-electron chi connectivity index (χ4n) is 1.23. The van der Waals surface area contributed by atoms with Gasteiger partial charge in [-0.05, 0) is 36.7 Å². The number of amides is 2. The van der Waals surface area contributed by atoms with Gasteiger partial charge < -0.3 is 4.74 Å². The van der Waals surface area contributed by atoms with Crippen LogP contribution in [-0.4, -0.2) is 30.1 Å². The number of hydrogen-bond donors (Lipinski definition) is 3. The highest BCUT2D eigenvalue weighted by Gasteiger charge is 2.03. The molecule has 114 valence electrons. The van der Waals surface area contributed by atoms with Gasteiger partial charge >= 0.3 is 0 Å². The molecule has 1 heterocycles. The number of thiocarbonyl (C=S) groups is 1. The van der Waals surface area contributed by atoms with Crippen LogP contribution in [0.4, 0.5) is 0 Å². The molecule has 1 aromatic rings. The second-order valence-corrected chi connectivity index (χ2v) is 5.17. The van der Waals surface area contributed by atoms with Crippen LogP contribution in [0.25, 0.3) is 6.08 Å². The second-order valence-electron chi connectivity index (χ2n) is 3.79. The van der Waals surface area contributed by atoms with Gasteiger partial charge in [-0.3, -0.25) is 25.8 Å². The maximum absolute atomic E-state index is 11.6. The smallest absolute Gasteiger partial charge is 0.250 e. The highest BCUT2D eigenvalue weighted by Crippen LogP contribution is 2.09. The Morgan fingerprint density at radius 2 is 2.24 bits per heavy atom. The summed E-state index contributed by atoms with van der Waals surface area (Å²) < 4.78 is 5.04. The van der Waals surface area contributed by atoms with E-state index in [9.17, 15) is 9.59 Å². The summed E-state index contributed by atoms with van der Waals surface area (Å²) >= 11 is 6.40. The van der Waals surface area contributed by atoms with E-state index in [-0.39, 0.29) is 23.3 Å². The standard InChI is InChI=1S/C13H17N3O3S2/c1-2-19-8-7-12(18)15-16-13(20)14-11(17)6-5-10-4-3-9-21-10/h3-6,9H,2,7-8H2,1H3,(H,15,18)(H2,14,16,17,20)/b6-5+. The molecule has 0 aliphatic rings. The molecule has 0 aliphatic heterocycles. The topological polar surface area (TPSA) is 79.5 Å². The van der Waals surface area contributed by atoms with Gasteiger partial charge in [0.05, 0.1) is 13.0 Å². The van der Waals surface area contributed by atoms with Gasteiger partial charge in [-0.2, -0.15) is 0 Å². The lowest BCUT2D eigenvalue weighted by molar-refractivity contribution is -0.123. The first kappa shape index (κ1) is 17.3. The lowest BCUT2D eigenvalue weighted by atomic mass is 10.4. The van der Waals surface area contributed by atoms with Gasteiger partial charge in [0, 0.05) is 17.6 Å². The van der Waals surface area contributed by atoms with E-state index < -0.39 is 0 Å². The summed E-state index contributed by atoms with van der Waals surface area (Å²) in [6, 6.07) is 3.79. The lowest BCUT2D eigenvalue weighted by Crippen LogP contribution is -2.48. The summed E-state index contributed by atoms with van der Waals surface area (Å²) in [6.45, 7) is 2.75. The summed E-state index contributed by atoms with van der Waals surface area (Å²) in [6.07, 6.45) is 3.27. The zero-order chi connectivity index (χ0) is 15.5. The quantitative estimate of drug-likeness (QED) is 0.317. The Morgan fingerprint density at radius 1 is 1.43 bits per heavy atom. The van der Waals surface area contributed by atoms with Crippen LogP contribution in [0.1, 0.15) is 18.2 Å². The predicted octanol–water partition coefficient (Wildman–Crippen LogP) is 1.21. The molecule has 0 saturated heterocycles. The normalized spacial score (nSPS) is 10.3. The van der Waals surface area contributed by atoms with Crippen LogP contribution in [0, 0.1) is 0 Å². The molecule has 0 radical (unpaired) electrons. The Kier molecular flexibility index (Phi) is 8.25. The maximum Gasteiger partial charge on any atom is 0.250 e. The lowest BCUT2D eigenvalue weighted by Gasteiger charge is -2.09. The van der Waals surface area contributed by atoms with Gasteiger partial charge in [-0.25, -0.2) is 0 Å². The van der Waals surface area contributed by atoms with E-state index in [2.05, 4.69) is 16.2 Å². The van der Waals surface area contributed by atoms with Crippen molar-refractivity contribution in [1.82, 2.24) is 16.2 Å². The van der Waals surface area contributed by atoms with E-state index in [1.165, 1.54) is 17.4 Å². The van der Waals surface area contributed by atoms with Crippen molar-refractivity contribution in [2.24, 2.45) is 0 Å². The summed E-state index contributed by atoms with van der Waals surface area (Å²) in [5.41, 5.74) is 4.82. The number of nitrogens with one attached hydrogen (secondary N) is 3. The summed E-state index contributed by atoms with van der Waals surface area (Å²) in [5, 5.41) is 4.36. The molecular formula is C13H17N3O3S2. The Morgan fingerprint density at radius 3 is 2.90 bits per heavy atom. The molecule has 1 rings (SSSR count).